The molecule has 1 aromatic rings. The normalized spacial score (nSPS) is 14.2. The summed E-state index contributed by atoms with van der Waals surface area (Å²) in [5.74, 6) is 0.793. The Kier molecular flexibility index (Phi) is 6.76. The van der Waals surface area contributed by atoms with Crippen molar-refractivity contribution in [3.05, 3.63) is 26.6 Å². The summed E-state index contributed by atoms with van der Waals surface area (Å²) in [5.41, 5.74) is -0.133. The van der Waals surface area contributed by atoms with Crippen molar-refractivity contribution >= 4 is 31.9 Å². The zero-order valence-electron chi connectivity index (χ0n) is 11.0. The molecule has 1 aromatic carbocycles. The maximum absolute atomic E-state index is 9.72. The second-order valence-electron chi connectivity index (χ2n) is 4.57. The van der Waals surface area contributed by atoms with Gasteiger partial charge in [-0.1, -0.05) is 15.9 Å². The Morgan fingerprint density at radius 3 is 2.63 bits per heavy atom. The van der Waals surface area contributed by atoms with Gasteiger partial charge in [-0.05, 0) is 41.9 Å². The van der Waals surface area contributed by atoms with Gasteiger partial charge in [0, 0.05) is 23.1 Å². The third-order valence-corrected chi connectivity index (χ3v) is 3.58. The molecule has 0 spiro atoms. The minimum absolute atomic E-state index is 0.277. The van der Waals surface area contributed by atoms with Crippen LogP contribution in [-0.4, -0.2) is 35.6 Å². The van der Waals surface area contributed by atoms with Crippen molar-refractivity contribution in [2.75, 3.05) is 19.8 Å². The van der Waals surface area contributed by atoms with Gasteiger partial charge in [0.1, 0.15) is 5.75 Å². The number of hydrogen-bond donors (Lipinski definition) is 3. The van der Waals surface area contributed by atoms with Crippen molar-refractivity contribution in [3.8, 4) is 5.75 Å². The van der Waals surface area contributed by atoms with Gasteiger partial charge in [-0.25, -0.2) is 0 Å². The molecule has 4 nitrogen and oxygen atoms in total. The van der Waals surface area contributed by atoms with E-state index in [0.717, 1.165) is 20.3 Å². The van der Waals surface area contributed by atoms with E-state index in [1.165, 1.54) is 0 Å². The van der Waals surface area contributed by atoms with Crippen molar-refractivity contribution in [2.24, 2.45) is 0 Å². The van der Waals surface area contributed by atoms with Crippen LogP contribution in [0.1, 0.15) is 19.4 Å². The zero-order chi connectivity index (χ0) is 14.5. The van der Waals surface area contributed by atoms with Crippen molar-refractivity contribution in [1.29, 1.82) is 0 Å². The lowest BCUT2D eigenvalue weighted by Crippen LogP contribution is -2.40. The Morgan fingerprint density at radius 2 is 2.05 bits per heavy atom. The van der Waals surface area contributed by atoms with Crippen LogP contribution >= 0.6 is 31.9 Å². The van der Waals surface area contributed by atoms with Gasteiger partial charge in [0.2, 0.25) is 0 Å². The van der Waals surface area contributed by atoms with Crippen LogP contribution in [0.25, 0.3) is 0 Å². The monoisotopic (exact) mass is 395 g/mol. The number of hydrogen-bond acceptors (Lipinski definition) is 4. The molecule has 1 atom stereocenters. The number of aliphatic hydroxyl groups is 2. The van der Waals surface area contributed by atoms with Gasteiger partial charge in [0.15, 0.2) is 0 Å². The fourth-order valence-electron chi connectivity index (χ4n) is 1.57. The molecular formula is C13H19Br2NO3. The highest BCUT2D eigenvalue weighted by molar-refractivity contribution is 9.11. The van der Waals surface area contributed by atoms with E-state index >= 15 is 0 Å². The Balaban J connectivity index is 2.76. The first-order valence-electron chi connectivity index (χ1n) is 6.04. The first-order valence-corrected chi connectivity index (χ1v) is 7.63. The molecule has 0 radical (unpaired) electrons. The molecule has 0 fully saturated rings. The molecule has 0 aromatic heterocycles. The number of aliphatic hydroxyl groups excluding tert-OH is 1. The predicted molar refractivity (Wildman–Crippen MR) is 82.4 cm³/mol. The topological polar surface area (TPSA) is 61.7 Å². The number of benzene rings is 1. The Labute approximate surface area is 130 Å². The summed E-state index contributed by atoms with van der Waals surface area (Å²) < 4.78 is 7.45. The minimum atomic E-state index is -1.12. The van der Waals surface area contributed by atoms with Crippen LogP contribution in [-0.2, 0) is 6.54 Å². The number of halogens is 2. The Hall–Kier alpha value is -0.140. The van der Waals surface area contributed by atoms with Crippen LogP contribution in [0.2, 0.25) is 0 Å². The largest absolute Gasteiger partial charge is 0.492 e. The maximum atomic E-state index is 9.72. The van der Waals surface area contributed by atoms with Gasteiger partial charge < -0.3 is 20.3 Å². The molecule has 0 amide bonds. The zero-order valence-corrected chi connectivity index (χ0v) is 14.2. The molecule has 0 aliphatic carbocycles. The predicted octanol–water partition coefficient (Wildman–Crippen LogP) is 2.44. The molecule has 0 bridgehead atoms. The number of nitrogens with one attached hydrogen (secondary N) is 1. The third-order valence-electron chi connectivity index (χ3n) is 2.54. The van der Waals surface area contributed by atoms with E-state index in [4.69, 9.17) is 9.84 Å². The van der Waals surface area contributed by atoms with E-state index in [1.807, 2.05) is 19.1 Å². The van der Waals surface area contributed by atoms with Crippen molar-refractivity contribution in [1.82, 2.24) is 5.32 Å². The smallest absolute Gasteiger partial charge is 0.138 e. The van der Waals surface area contributed by atoms with Crippen LogP contribution in [0, 0.1) is 0 Å². The van der Waals surface area contributed by atoms with Crippen LogP contribution in [0.3, 0.4) is 0 Å². The average Bonchev–Trinajstić information content (AvgIpc) is 2.33. The lowest BCUT2D eigenvalue weighted by molar-refractivity contribution is 0.00250. The van der Waals surface area contributed by atoms with E-state index in [-0.39, 0.29) is 6.61 Å². The lowest BCUT2D eigenvalue weighted by atomic mass is 10.1. The quantitative estimate of drug-likeness (QED) is 0.662. The molecule has 0 aliphatic rings. The van der Waals surface area contributed by atoms with Gasteiger partial charge in [-0.2, -0.15) is 0 Å². The minimum Gasteiger partial charge on any atom is -0.492 e. The van der Waals surface area contributed by atoms with E-state index < -0.39 is 5.60 Å². The van der Waals surface area contributed by atoms with Crippen LogP contribution in [0.4, 0.5) is 0 Å². The van der Waals surface area contributed by atoms with Crippen molar-refractivity contribution < 1.29 is 14.9 Å². The first kappa shape index (κ1) is 16.9. The molecule has 1 rings (SSSR count). The molecule has 6 heteroatoms. The van der Waals surface area contributed by atoms with Gasteiger partial charge in [0.05, 0.1) is 23.3 Å². The first-order chi connectivity index (χ1) is 8.89. The molecule has 108 valence electrons. The molecule has 1 unspecified atom stereocenters. The van der Waals surface area contributed by atoms with Gasteiger partial charge in [-0.3, -0.25) is 0 Å². The van der Waals surface area contributed by atoms with Gasteiger partial charge in [-0.15, -0.1) is 0 Å². The maximum Gasteiger partial charge on any atom is 0.138 e. The van der Waals surface area contributed by atoms with Crippen molar-refractivity contribution in [2.45, 2.75) is 26.0 Å². The van der Waals surface area contributed by atoms with E-state index in [0.29, 0.717) is 19.7 Å². The van der Waals surface area contributed by atoms with E-state index in [1.54, 1.807) is 6.92 Å². The molecule has 0 heterocycles. The molecule has 3 N–H and O–H groups in total. The van der Waals surface area contributed by atoms with E-state index in [9.17, 15) is 5.11 Å². The Bertz CT molecular complexity index is 425. The highest BCUT2D eigenvalue weighted by Crippen LogP contribution is 2.33. The highest BCUT2D eigenvalue weighted by atomic mass is 79.9. The Morgan fingerprint density at radius 1 is 1.37 bits per heavy atom. The third kappa shape index (κ3) is 5.39. The lowest BCUT2D eigenvalue weighted by Gasteiger charge is -2.21. The summed E-state index contributed by atoms with van der Waals surface area (Å²) in [6, 6.07) is 3.90. The molecule has 0 aliphatic heterocycles. The van der Waals surface area contributed by atoms with Crippen LogP contribution in [0.15, 0.2) is 21.1 Å². The van der Waals surface area contributed by atoms with Gasteiger partial charge >= 0.3 is 0 Å². The summed E-state index contributed by atoms with van der Waals surface area (Å²) in [6.45, 7) is 4.67. The van der Waals surface area contributed by atoms with Crippen molar-refractivity contribution in [3.63, 3.8) is 0 Å². The summed E-state index contributed by atoms with van der Waals surface area (Å²) in [5, 5.41) is 21.8. The van der Waals surface area contributed by atoms with Gasteiger partial charge in [0.25, 0.3) is 0 Å². The summed E-state index contributed by atoms with van der Waals surface area (Å²) in [4.78, 5) is 0. The number of rotatable bonds is 7. The highest BCUT2D eigenvalue weighted by Gasteiger charge is 2.18. The second-order valence-corrected chi connectivity index (χ2v) is 6.34. The summed E-state index contributed by atoms with van der Waals surface area (Å²) in [7, 11) is 0. The second kappa shape index (κ2) is 7.59. The van der Waals surface area contributed by atoms with Crippen LogP contribution in [0.5, 0.6) is 5.75 Å². The average molecular weight is 397 g/mol. The molecule has 19 heavy (non-hydrogen) atoms. The summed E-state index contributed by atoms with van der Waals surface area (Å²) >= 11 is 6.91. The van der Waals surface area contributed by atoms with Crippen LogP contribution < -0.4 is 10.1 Å². The standard InChI is InChI=1S/C13H19Br2NO3/c1-3-19-12-9(4-10(14)5-11(12)15)6-16-7-13(2,18)8-17/h4-5,16-18H,3,6-8H2,1-2H3. The molecule has 0 saturated carbocycles. The fourth-order valence-corrected chi connectivity index (χ4v) is 3.00. The molecule has 0 saturated heterocycles. The van der Waals surface area contributed by atoms with E-state index in [2.05, 4.69) is 37.2 Å². The SMILES string of the molecule is CCOc1c(Br)cc(Br)cc1CNCC(C)(O)CO. The summed E-state index contributed by atoms with van der Waals surface area (Å²) in [6.07, 6.45) is 0. The number of ether oxygens (including phenoxy) is 1. The fraction of sp³-hybridized carbons (Fsp3) is 0.538. The molecular weight excluding hydrogens is 378 g/mol.